The van der Waals surface area contributed by atoms with Gasteiger partial charge in [0.15, 0.2) is 5.13 Å². The van der Waals surface area contributed by atoms with Gasteiger partial charge >= 0.3 is 6.03 Å². The number of carbonyl (C=O) groups is 2. The molecule has 0 bridgehead atoms. The molecule has 148 valence electrons. The highest BCUT2D eigenvalue weighted by atomic mass is 32.1. The fourth-order valence-corrected chi connectivity index (χ4v) is 5.05. The smallest absolute Gasteiger partial charge is 0.316 e. The Morgan fingerprint density at radius 2 is 1.86 bits per heavy atom. The Balaban J connectivity index is 1.68. The Labute approximate surface area is 171 Å². The zero-order valence-electron chi connectivity index (χ0n) is 16.0. The van der Waals surface area contributed by atoms with Gasteiger partial charge in [-0.2, -0.15) is 0 Å². The molecule has 28 heavy (non-hydrogen) atoms. The molecule has 0 saturated carbocycles. The van der Waals surface area contributed by atoms with E-state index in [2.05, 4.69) is 34.4 Å². The summed E-state index contributed by atoms with van der Waals surface area (Å²) < 4.78 is 1.03. The third-order valence-electron chi connectivity index (χ3n) is 4.36. The van der Waals surface area contributed by atoms with Crippen molar-refractivity contribution < 1.29 is 9.59 Å². The molecule has 7 nitrogen and oxygen atoms in total. The van der Waals surface area contributed by atoms with Crippen LogP contribution in [0.1, 0.15) is 42.0 Å². The summed E-state index contributed by atoms with van der Waals surface area (Å²) >= 11 is 3.03. The van der Waals surface area contributed by atoms with E-state index in [9.17, 15) is 9.59 Å². The predicted octanol–water partition coefficient (Wildman–Crippen LogP) is 4.19. The summed E-state index contributed by atoms with van der Waals surface area (Å²) in [5, 5.41) is 6.52. The van der Waals surface area contributed by atoms with Crippen LogP contribution < -0.4 is 21.3 Å². The summed E-state index contributed by atoms with van der Waals surface area (Å²) in [4.78, 5) is 31.9. The van der Waals surface area contributed by atoms with Crippen LogP contribution in [0.3, 0.4) is 0 Å². The Morgan fingerprint density at radius 1 is 1.18 bits per heavy atom. The van der Waals surface area contributed by atoms with Crippen molar-refractivity contribution in [3.05, 3.63) is 40.8 Å². The molecule has 1 atom stereocenters. The summed E-state index contributed by atoms with van der Waals surface area (Å²) in [6, 6.07) is 8.33. The van der Waals surface area contributed by atoms with Gasteiger partial charge < -0.3 is 21.3 Å². The van der Waals surface area contributed by atoms with E-state index in [1.54, 1.807) is 23.5 Å². The van der Waals surface area contributed by atoms with Crippen molar-refractivity contribution >= 4 is 55.0 Å². The predicted molar refractivity (Wildman–Crippen MR) is 117 cm³/mol. The summed E-state index contributed by atoms with van der Waals surface area (Å²) in [5.74, 6) is -0.119. The van der Waals surface area contributed by atoms with E-state index in [-0.39, 0.29) is 11.9 Å². The number of amides is 3. The molecule has 0 aliphatic carbocycles. The second-order valence-corrected chi connectivity index (χ2v) is 8.29. The summed E-state index contributed by atoms with van der Waals surface area (Å²) in [5.41, 5.74) is 6.65. The number of hydrogen-bond donors (Lipinski definition) is 3. The van der Waals surface area contributed by atoms with Crippen LogP contribution in [-0.2, 0) is 0 Å². The molecular weight excluding hydrogens is 394 g/mol. The van der Waals surface area contributed by atoms with Crippen LogP contribution in [0.4, 0.5) is 15.6 Å². The van der Waals surface area contributed by atoms with E-state index in [0.29, 0.717) is 10.6 Å². The number of nitrogens with one attached hydrogen (secondary N) is 2. The Kier molecular flexibility index (Phi) is 6.15. The topological polar surface area (TPSA) is 100 Å². The monoisotopic (exact) mass is 417 g/mol. The average Bonchev–Trinajstić information content (AvgIpc) is 3.22. The van der Waals surface area contributed by atoms with E-state index in [0.717, 1.165) is 33.3 Å². The van der Waals surface area contributed by atoms with Crippen LogP contribution >= 0.6 is 22.7 Å². The minimum absolute atomic E-state index is 0.119. The number of nitrogens with zero attached hydrogens (tertiary/aromatic N) is 2. The van der Waals surface area contributed by atoms with Crippen molar-refractivity contribution in [3.8, 4) is 0 Å². The number of primary amides is 1. The molecule has 0 aliphatic heterocycles. The van der Waals surface area contributed by atoms with Crippen molar-refractivity contribution in [2.24, 2.45) is 5.73 Å². The van der Waals surface area contributed by atoms with Crippen LogP contribution in [0.25, 0.3) is 9.53 Å². The van der Waals surface area contributed by atoms with Gasteiger partial charge in [0.05, 0.1) is 15.6 Å². The lowest BCUT2D eigenvalue weighted by atomic mass is 10.1. The Bertz CT molecular complexity index is 945. The third kappa shape index (κ3) is 4.42. The van der Waals surface area contributed by atoms with Gasteiger partial charge in [-0.25, -0.2) is 9.78 Å². The average molecular weight is 418 g/mol. The lowest BCUT2D eigenvalue weighted by molar-refractivity contribution is 0.0944. The highest BCUT2D eigenvalue weighted by Crippen LogP contribution is 2.34. The zero-order valence-corrected chi connectivity index (χ0v) is 17.6. The van der Waals surface area contributed by atoms with E-state index in [4.69, 9.17) is 5.73 Å². The first-order valence-electron chi connectivity index (χ1n) is 9.03. The van der Waals surface area contributed by atoms with E-state index >= 15 is 0 Å². The molecule has 4 N–H and O–H groups in total. The second-order valence-electron chi connectivity index (χ2n) is 6.26. The highest BCUT2D eigenvalue weighted by molar-refractivity contribution is 7.29. The molecule has 0 saturated heterocycles. The third-order valence-corrected chi connectivity index (χ3v) is 6.58. The molecule has 2 heterocycles. The van der Waals surface area contributed by atoms with Gasteiger partial charge in [0.1, 0.15) is 4.83 Å². The fourth-order valence-electron chi connectivity index (χ4n) is 2.81. The summed E-state index contributed by atoms with van der Waals surface area (Å²) in [6.07, 6.45) is 0. The molecule has 9 heteroatoms. The van der Waals surface area contributed by atoms with Crippen molar-refractivity contribution in [2.75, 3.05) is 23.3 Å². The standard InChI is InChI=1S/C19H23N5O2S2/c1-4-24(5-2)19-23-17-15(28-19)10-14(27-17)16(25)21-11(3)12-6-8-13(9-7-12)22-18(20)26/h6-11H,4-5H2,1-3H3,(H,21,25)(H3,20,22,26). The van der Waals surface area contributed by atoms with Crippen LogP contribution in [0, 0.1) is 0 Å². The Hall–Kier alpha value is -2.65. The van der Waals surface area contributed by atoms with Crippen LogP contribution in [0.5, 0.6) is 0 Å². The number of hydrogen-bond acceptors (Lipinski definition) is 6. The molecule has 0 aliphatic rings. The maximum atomic E-state index is 12.6. The molecule has 0 spiro atoms. The SMILES string of the molecule is CCN(CC)c1nc2sc(C(=O)NC(C)c3ccc(NC(N)=O)cc3)cc2s1. The Morgan fingerprint density at radius 3 is 2.43 bits per heavy atom. The van der Waals surface area contributed by atoms with Gasteiger partial charge in [0.25, 0.3) is 5.91 Å². The minimum Gasteiger partial charge on any atom is -0.351 e. The fraction of sp³-hybridized carbons (Fsp3) is 0.316. The number of nitrogens with two attached hydrogens (primary N) is 1. The van der Waals surface area contributed by atoms with Crippen LogP contribution in [0.2, 0.25) is 0 Å². The van der Waals surface area contributed by atoms with Crippen LogP contribution in [0.15, 0.2) is 30.3 Å². The quantitative estimate of drug-likeness (QED) is 0.537. The number of anilines is 2. The molecule has 0 fully saturated rings. The number of thiazole rings is 1. The molecule has 3 aromatic rings. The number of urea groups is 1. The molecule has 0 radical (unpaired) electrons. The number of benzene rings is 1. The molecule has 1 aromatic carbocycles. The lowest BCUT2D eigenvalue weighted by Gasteiger charge is -2.16. The minimum atomic E-state index is -0.607. The summed E-state index contributed by atoms with van der Waals surface area (Å²) in [6.45, 7) is 7.96. The number of aromatic nitrogens is 1. The normalized spacial score (nSPS) is 12.0. The molecule has 3 amide bonds. The second kappa shape index (κ2) is 8.57. The van der Waals surface area contributed by atoms with Crippen LogP contribution in [-0.4, -0.2) is 30.0 Å². The van der Waals surface area contributed by atoms with Crippen molar-refractivity contribution in [1.29, 1.82) is 0 Å². The first-order valence-corrected chi connectivity index (χ1v) is 10.7. The molecule has 1 unspecified atom stereocenters. The number of thiophene rings is 1. The van der Waals surface area contributed by atoms with Crippen molar-refractivity contribution in [2.45, 2.75) is 26.8 Å². The highest BCUT2D eigenvalue weighted by Gasteiger charge is 2.18. The molecule has 3 rings (SSSR count). The van der Waals surface area contributed by atoms with Gasteiger partial charge in [-0.15, -0.1) is 11.3 Å². The summed E-state index contributed by atoms with van der Waals surface area (Å²) in [7, 11) is 0. The number of carbonyl (C=O) groups excluding carboxylic acids is 2. The molecule has 2 aromatic heterocycles. The zero-order chi connectivity index (χ0) is 20.3. The van der Waals surface area contributed by atoms with E-state index < -0.39 is 6.03 Å². The largest absolute Gasteiger partial charge is 0.351 e. The lowest BCUT2D eigenvalue weighted by Crippen LogP contribution is -2.26. The maximum Gasteiger partial charge on any atom is 0.316 e. The van der Waals surface area contributed by atoms with E-state index in [1.165, 1.54) is 11.3 Å². The maximum absolute atomic E-state index is 12.6. The van der Waals surface area contributed by atoms with Crippen molar-refractivity contribution in [1.82, 2.24) is 10.3 Å². The molecular formula is C19H23N5O2S2. The van der Waals surface area contributed by atoms with Gasteiger partial charge in [-0.3, -0.25) is 4.79 Å². The number of fused-ring (bicyclic) bond motifs is 1. The first-order chi connectivity index (χ1) is 13.4. The first kappa shape index (κ1) is 20.1. The van der Waals surface area contributed by atoms with E-state index in [1.807, 2.05) is 25.1 Å². The van der Waals surface area contributed by atoms with Crippen molar-refractivity contribution in [3.63, 3.8) is 0 Å². The van der Waals surface area contributed by atoms with Gasteiger partial charge in [0.2, 0.25) is 0 Å². The van der Waals surface area contributed by atoms with Gasteiger partial charge in [0, 0.05) is 18.8 Å². The number of rotatable bonds is 7. The van der Waals surface area contributed by atoms with Gasteiger partial charge in [-0.1, -0.05) is 23.5 Å². The van der Waals surface area contributed by atoms with Gasteiger partial charge in [-0.05, 0) is 44.5 Å².